The number of piperazine rings is 2. The molecule has 0 spiro atoms. The van der Waals surface area contributed by atoms with E-state index >= 15 is 0 Å². The van der Waals surface area contributed by atoms with E-state index in [0.717, 1.165) is 65.3 Å². The average molecular weight is 510 g/mol. The predicted octanol–water partition coefficient (Wildman–Crippen LogP) is 2.76. The number of hydrogen-bond acceptors (Lipinski definition) is 6. The van der Waals surface area contributed by atoms with E-state index < -0.39 is 5.91 Å². The van der Waals surface area contributed by atoms with Crippen LogP contribution in [-0.2, 0) is 11.3 Å². The smallest absolute Gasteiger partial charge is 0.274 e. The lowest BCUT2D eigenvalue weighted by Crippen LogP contribution is -2.56. The third kappa shape index (κ3) is 7.08. The fourth-order valence-electron chi connectivity index (χ4n) is 6.02. The van der Waals surface area contributed by atoms with Crippen LogP contribution in [-0.4, -0.2) is 101 Å². The highest BCUT2D eigenvalue weighted by atomic mass is 16.5. The molecule has 2 fully saturated rings. The SMILES string of the molecule is CC(=O)N1CCN(CC2=CC=C(CN3[C@H](C)CN(Cc4ccc(C(=O)NO)cc4)C[C@@H]3C)C(C)C2)CC1. The summed E-state index contributed by atoms with van der Waals surface area (Å²) in [6.45, 7) is 17.2. The predicted molar refractivity (Wildman–Crippen MR) is 145 cm³/mol. The Morgan fingerprint density at radius 1 is 0.892 bits per heavy atom. The van der Waals surface area contributed by atoms with Gasteiger partial charge in [0.05, 0.1) is 0 Å². The number of amides is 2. The van der Waals surface area contributed by atoms with Crippen LogP contribution >= 0.6 is 0 Å². The monoisotopic (exact) mass is 509 g/mol. The van der Waals surface area contributed by atoms with Crippen molar-refractivity contribution in [3.8, 4) is 0 Å². The van der Waals surface area contributed by atoms with E-state index in [2.05, 4.69) is 47.6 Å². The van der Waals surface area contributed by atoms with Crippen molar-refractivity contribution in [1.82, 2.24) is 25.1 Å². The summed E-state index contributed by atoms with van der Waals surface area (Å²) in [4.78, 5) is 32.7. The molecule has 2 saturated heterocycles. The van der Waals surface area contributed by atoms with Crippen molar-refractivity contribution in [2.45, 2.75) is 52.7 Å². The second-order valence-corrected chi connectivity index (χ2v) is 11.2. The molecule has 1 aromatic rings. The first-order valence-electron chi connectivity index (χ1n) is 13.6. The largest absolute Gasteiger partial charge is 0.340 e. The first-order valence-corrected chi connectivity index (χ1v) is 13.6. The molecule has 0 bridgehead atoms. The second-order valence-electron chi connectivity index (χ2n) is 11.2. The van der Waals surface area contributed by atoms with Crippen LogP contribution in [0.4, 0.5) is 0 Å². The quantitative estimate of drug-likeness (QED) is 0.435. The Hall–Kier alpha value is -2.52. The number of benzene rings is 1. The van der Waals surface area contributed by atoms with E-state index in [1.165, 1.54) is 16.7 Å². The lowest BCUT2D eigenvalue weighted by Gasteiger charge is -2.45. The highest BCUT2D eigenvalue weighted by molar-refractivity contribution is 5.93. The van der Waals surface area contributed by atoms with Crippen LogP contribution in [0.1, 0.15) is 50.0 Å². The molecule has 0 saturated carbocycles. The van der Waals surface area contributed by atoms with Gasteiger partial charge < -0.3 is 4.90 Å². The molecule has 2 N–H and O–H groups in total. The molecule has 202 valence electrons. The van der Waals surface area contributed by atoms with Gasteiger partial charge in [-0.1, -0.05) is 42.4 Å². The lowest BCUT2D eigenvalue weighted by atomic mass is 9.87. The highest BCUT2D eigenvalue weighted by Gasteiger charge is 2.31. The molecule has 2 heterocycles. The Kier molecular flexibility index (Phi) is 9.18. The molecule has 1 aromatic carbocycles. The van der Waals surface area contributed by atoms with E-state index in [4.69, 9.17) is 5.21 Å². The number of hydrogen-bond donors (Lipinski definition) is 2. The summed E-state index contributed by atoms with van der Waals surface area (Å²) in [6.07, 6.45) is 5.83. The van der Waals surface area contributed by atoms with E-state index in [9.17, 15) is 9.59 Å². The normalized spacial score (nSPS) is 26.0. The number of nitrogens with one attached hydrogen (secondary N) is 1. The van der Waals surface area contributed by atoms with Crippen LogP contribution in [0.3, 0.4) is 0 Å². The second kappa shape index (κ2) is 12.3. The molecule has 3 aliphatic rings. The van der Waals surface area contributed by atoms with E-state index in [-0.39, 0.29) is 5.91 Å². The standard InChI is InChI=1S/C29H43N5O3/c1-21-15-26(19-31-11-13-33(14-12-31)24(4)35)7-10-28(21)20-34-22(2)16-32(17-23(34)3)18-25-5-8-27(9-6-25)29(36)30-37/h5-10,21-23,37H,11-20H2,1-4H3,(H,30,36)/t21?,22-,23+. The van der Waals surface area contributed by atoms with Gasteiger partial charge >= 0.3 is 0 Å². The number of rotatable bonds is 7. The minimum atomic E-state index is -0.483. The fraction of sp³-hybridized carbons (Fsp3) is 0.586. The molecule has 37 heavy (non-hydrogen) atoms. The maximum absolute atomic E-state index is 11.6. The Balaban J connectivity index is 1.29. The van der Waals surface area contributed by atoms with Crippen molar-refractivity contribution in [2.24, 2.45) is 5.92 Å². The summed E-state index contributed by atoms with van der Waals surface area (Å²) in [5, 5.41) is 8.81. The molecule has 8 heteroatoms. The molecule has 1 aliphatic carbocycles. The number of carbonyl (C=O) groups excluding carboxylic acids is 2. The first-order chi connectivity index (χ1) is 17.7. The van der Waals surface area contributed by atoms with E-state index in [1.54, 1.807) is 24.5 Å². The van der Waals surface area contributed by atoms with Gasteiger partial charge in [0.1, 0.15) is 0 Å². The van der Waals surface area contributed by atoms with E-state index in [1.807, 2.05) is 17.0 Å². The van der Waals surface area contributed by atoms with Crippen molar-refractivity contribution in [3.05, 3.63) is 58.7 Å². The molecule has 4 rings (SSSR count). The Morgan fingerprint density at radius 3 is 2.11 bits per heavy atom. The van der Waals surface area contributed by atoms with Crippen molar-refractivity contribution < 1.29 is 14.8 Å². The number of hydroxylamine groups is 1. The zero-order valence-electron chi connectivity index (χ0n) is 22.8. The number of allylic oxidation sites excluding steroid dienone is 2. The molecule has 3 atom stereocenters. The summed E-state index contributed by atoms with van der Waals surface area (Å²) < 4.78 is 0. The number of nitrogens with zero attached hydrogens (tertiary/aromatic N) is 4. The van der Waals surface area contributed by atoms with Crippen LogP contribution in [0.5, 0.6) is 0 Å². The maximum Gasteiger partial charge on any atom is 0.274 e. The highest BCUT2D eigenvalue weighted by Crippen LogP contribution is 2.29. The van der Waals surface area contributed by atoms with E-state index in [0.29, 0.717) is 23.6 Å². The molecule has 0 aromatic heterocycles. The van der Waals surface area contributed by atoms with Crippen LogP contribution in [0, 0.1) is 5.92 Å². The van der Waals surface area contributed by atoms with Crippen LogP contribution in [0.25, 0.3) is 0 Å². The maximum atomic E-state index is 11.6. The minimum Gasteiger partial charge on any atom is -0.340 e. The van der Waals surface area contributed by atoms with Crippen LogP contribution < -0.4 is 5.48 Å². The van der Waals surface area contributed by atoms with Gasteiger partial charge in [0.2, 0.25) is 5.91 Å². The molecule has 2 amide bonds. The summed E-state index contributed by atoms with van der Waals surface area (Å²) in [5.74, 6) is 0.249. The lowest BCUT2D eigenvalue weighted by molar-refractivity contribution is -0.130. The third-order valence-corrected chi connectivity index (χ3v) is 8.24. The Labute approximate surface area is 221 Å². The van der Waals surface area contributed by atoms with Gasteiger partial charge in [0.25, 0.3) is 5.91 Å². The summed E-state index contributed by atoms with van der Waals surface area (Å²) >= 11 is 0. The summed E-state index contributed by atoms with van der Waals surface area (Å²) in [6, 6.07) is 8.37. The number of carbonyl (C=O) groups is 2. The summed E-state index contributed by atoms with van der Waals surface area (Å²) in [7, 11) is 0. The van der Waals surface area contributed by atoms with Crippen molar-refractivity contribution in [2.75, 3.05) is 52.4 Å². The van der Waals surface area contributed by atoms with Gasteiger partial charge in [-0.15, -0.1) is 0 Å². The van der Waals surface area contributed by atoms with Crippen molar-refractivity contribution >= 4 is 11.8 Å². The van der Waals surface area contributed by atoms with Gasteiger partial charge in [-0.05, 0) is 43.9 Å². The van der Waals surface area contributed by atoms with Crippen molar-refractivity contribution in [3.63, 3.8) is 0 Å². The zero-order valence-corrected chi connectivity index (χ0v) is 22.8. The summed E-state index contributed by atoms with van der Waals surface area (Å²) in [5.41, 5.74) is 6.34. The Morgan fingerprint density at radius 2 is 1.54 bits per heavy atom. The molecule has 2 aliphatic heterocycles. The Bertz CT molecular complexity index is 1000. The van der Waals surface area contributed by atoms with Gasteiger partial charge in [-0.25, -0.2) is 5.48 Å². The first kappa shape index (κ1) is 27.5. The molecular formula is C29H43N5O3. The molecule has 0 radical (unpaired) electrons. The molecule has 8 nitrogen and oxygen atoms in total. The van der Waals surface area contributed by atoms with Crippen molar-refractivity contribution in [1.29, 1.82) is 0 Å². The van der Waals surface area contributed by atoms with Gasteiger partial charge in [-0.3, -0.25) is 29.5 Å². The average Bonchev–Trinajstić information content (AvgIpc) is 2.87. The molecule has 1 unspecified atom stereocenters. The van der Waals surface area contributed by atoms with Gasteiger partial charge in [-0.2, -0.15) is 0 Å². The van der Waals surface area contributed by atoms with Crippen LogP contribution in [0.15, 0.2) is 47.6 Å². The van der Waals surface area contributed by atoms with Gasteiger partial charge in [0.15, 0.2) is 0 Å². The third-order valence-electron chi connectivity index (χ3n) is 8.24. The fourth-order valence-corrected chi connectivity index (χ4v) is 6.02. The molecular weight excluding hydrogens is 466 g/mol. The minimum absolute atomic E-state index is 0.186. The van der Waals surface area contributed by atoms with Crippen LogP contribution in [0.2, 0.25) is 0 Å². The topological polar surface area (TPSA) is 79.4 Å². The zero-order chi connectivity index (χ0) is 26.5. The van der Waals surface area contributed by atoms with Gasteiger partial charge in [0, 0.05) is 83.5 Å².